The molecule has 1 saturated carbocycles. The molecule has 0 aromatic heterocycles. The summed E-state index contributed by atoms with van der Waals surface area (Å²) in [6.07, 6.45) is 2.08. The van der Waals surface area contributed by atoms with Crippen LogP contribution in [-0.2, 0) is 4.79 Å². The number of carbonyl (C=O) groups excluding carboxylic acids is 1. The number of nitrogens with zero attached hydrogens (tertiary/aromatic N) is 1. The maximum absolute atomic E-state index is 11.6. The van der Waals surface area contributed by atoms with Gasteiger partial charge in [-0.2, -0.15) is 0 Å². The first kappa shape index (κ1) is 14.8. The van der Waals surface area contributed by atoms with Crippen molar-refractivity contribution in [2.24, 2.45) is 5.73 Å². The lowest BCUT2D eigenvalue weighted by Gasteiger charge is -2.27. The molecule has 1 fully saturated rings. The number of benzene rings is 1. The maximum Gasteiger partial charge on any atom is 0.282 e. The average Bonchev–Trinajstić information content (AvgIpc) is 3.20. The molecule has 1 atom stereocenters. The predicted molar refractivity (Wildman–Crippen MR) is 77.6 cm³/mol. The van der Waals surface area contributed by atoms with Crippen molar-refractivity contribution in [3.05, 3.63) is 34.4 Å². The second kappa shape index (κ2) is 5.80. The van der Waals surface area contributed by atoms with Crippen molar-refractivity contribution >= 4 is 23.4 Å². The number of primary amides is 1. The van der Waals surface area contributed by atoms with E-state index in [2.05, 4.69) is 5.32 Å². The molecule has 6 nitrogen and oxygen atoms in total. The van der Waals surface area contributed by atoms with E-state index in [0.29, 0.717) is 16.7 Å². The average molecular weight is 295 g/mol. The van der Waals surface area contributed by atoms with E-state index in [9.17, 15) is 14.9 Å². The third kappa shape index (κ3) is 3.49. The molecule has 2 rings (SSSR count). The summed E-state index contributed by atoms with van der Waals surface area (Å²) in [6.45, 7) is 1.75. The summed E-state index contributed by atoms with van der Waals surface area (Å²) in [7, 11) is 0. The van der Waals surface area contributed by atoms with E-state index in [4.69, 9.17) is 5.73 Å². The number of thioether (sulfide) groups is 1. The minimum absolute atomic E-state index is 0.0516. The first-order valence-corrected chi connectivity index (χ1v) is 7.35. The van der Waals surface area contributed by atoms with Crippen LogP contribution in [0.3, 0.4) is 0 Å². The van der Waals surface area contributed by atoms with Gasteiger partial charge in [0.15, 0.2) is 0 Å². The van der Waals surface area contributed by atoms with Gasteiger partial charge in [0.05, 0.1) is 9.82 Å². The van der Waals surface area contributed by atoms with Crippen molar-refractivity contribution in [2.45, 2.75) is 36.2 Å². The maximum atomic E-state index is 11.6. The molecule has 1 aliphatic rings. The molecule has 20 heavy (non-hydrogen) atoms. The quantitative estimate of drug-likeness (QED) is 0.453. The van der Waals surface area contributed by atoms with Crippen molar-refractivity contribution in [1.82, 2.24) is 5.32 Å². The smallest absolute Gasteiger partial charge is 0.282 e. The molecule has 1 amide bonds. The molecule has 0 heterocycles. The Kier molecular flexibility index (Phi) is 4.29. The van der Waals surface area contributed by atoms with E-state index in [1.807, 2.05) is 0 Å². The fraction of sp³-hybridized carbons (Fsp3) is 0.462. The second-order valence-electron chi connectivity index (χ2n) is 5.13. The number of para-hydroxylation sites is 1. The molecule has 0 saturated heterocycles. The molecule has 0 radical (unpaired) electrons. The largest absolute Gasteiger partial charge is 0.368 e. The molecule has 0 spiro atoms. The highest BCUT2D eigenvalue weighted by Gasteiger charge is 2.37. The number of hydrogen-bond acceptors (Lipinski definition) is 5. The number of carbonyl (C=O) groups is 1. The van der Waals surface area contributed by atoms with Gasteiger partial charge in [0.1, 0.15) is 5.54 Å². The van der Waals surface area contributed by atoms with Gasteiger partial charge in [0.2, 0.25) is 5.91 Å². The summed E-state index contributed by atoms with van der Waals surface area (Å²) < 4.78 is 0. The Morgan fingerprint density at radius 2 is 2.20 bits per heavy atom. The molecule has 3 N–H and O–H groups in total. The molecular weight excluding hydrogens is 278 g/mol. The number of nitrogens with one attached hydrogen (secondary N) is 1. The van der Waals surface area contributed by atoms with E-state index >= 15 is 0 Å². The van der Waals surface area contributed by atoms with Crippen LogP contribution in [0.4, 0.5) is 5.69 Å². The summed E-state index contributed by atoms with van der Waals surface area (Å²) in [5.41, 5.74) is 4.66. The Morgan fingerprint density at radius 1 is 1.55 bits per heavy atom. The fourth-order valence-corrected chi connectivity index (χ4v) is 2.95. The number of nitro groups is 1. The van der Waals surface area contributed by atoms with E-state index in [-0.39, 0.29) is 5.69 Å². The van der Waals surface area contributed by atoms with Crippen LogP contribution in [0.5, 0.6) is 0 Å². The third-order valence-electron chi connectivity index (χ3n) is 3.22. The third-order valence-corrected chi connectivity index (χ3v) is 4.60. The highest BCUT2D eigenvalue weighted by molar-refractivity contribution is 7.99. The summed E-state index contributed by atoms with van der Waals surface area (Å²) in [6, 6.07) is 6.84. The molecular formula is C13H17N3O3S. The van der Waals surface area contributed by atoms with Crippen molar-refractivity contribution in [2.75, 3.05) is 5.75 Å². The number of nitrogens with two attached hydrogens (primary N) is 1. The lowest BCUT2D eigenvalue weighted by Crippen LogP contribution is -2.55. The van der Waals surface area contributed by atoms with Gasteiger partial charge in [0, 0.05) is 17.9 Å². The predicted octanol–water partition coefficient (Wildman–Crippen LogP) is 1.68. The lowest BCUT2D eigenvalue weighted by atomic mass is 10.1. The van der Waals surface area contributed by atoms with Gasteiger partial charge in [-0.3, -0.25) is 14.9 Å². The summed E-state index contributed by atoms with van der Waals surface area (Å²) in [5.74, 6) is -0.0700. The minimum Gasteiger partial charge on any atom is -0.368 e. The lowest BCUT2D eigenvalue weighted by molar-refractivity contribution is -0.387. The van der Waals surface area contributed by atoms with Crippen LogP contribution < -0.4 is 11.1 Å². The van der Waals surface area contributed by atoms with Gasteiger partial charge in [-0.15, -0.1) is 11.8 Å². The van der Waals surface area contributed by atoms with Crippen LogP contribution in [0.1, 0.15) is 19.8 Å². The first-order valence-electron chi connectivity index (χ1n) is 6.36. The van der Waals surface area contributed by atoms with Gasteiger partial charge in [0.25, 0.3) is 5.69 Å². The van der Waals surface area contributed by atoms with Gasteiger partial charge in [-0.05, 0) is 25.8 Å². The zero-order valence-corrected chi connectivity index (χ0v) is 12.0. The standard InChI is InChI=1S/C13H17N3O3S/c1-13(12(14)17,15-9-6-7-9)8-20-11-5-3-2-4-10(11)16(18)19/h2-5,9,15H,6-8H2,1H3,(H2,14,17). The zero-order valence-electron chi connectivity index (χ0n) is 11.2. The molecule has 7 heteroatoms. The van der Waals surface area contributed by atoms with Crippen molar-refractivity contribution in [3.63, 3.8) is 0 Å². The monoisotopic (exact) mass is 295 g/mol. The Hall–Kier alpha value is -1.60. The number of rotatable bonds is 7. The molecule has 1 aromatic rings. The Labute approximate surface area is 121 Å². The fourth-order valence-electron chi connectivity index (χ4n) is 1.81. The molecule has 1 unspecified atom stereocenters. The van der Waals surface area contributed by atoms with Crippen LogP contribution >= 0.6 is 11.8 Å². The normalized spacial score (nSPS) is 17.4. The van der Waals surface area contributed by atoms with Crippen LogP contribution in [0.25, 0.3) is 0 Å². The Balaban J connectivity index is 2.09. The van der Waals surface area contributed by atoms with Gasteiger partial charge in [-0.25, -0.2) is 0 Å². The molecule has 1 aromatic carbocycles. The minimum atomic E-state index is -0.852. The molecule has 0 bridgehead atoms. The van der Waals surface area contributed by atoms with Crippen molar-refractivity contribution < 1.29 is 9.72 Å². The van der Waals surface area contributed by atoms with Gasteiger partial charge in [-0.1, -0.05) is 12.1 Å². The second-order valence-corrected chi connectivity index (χ2v) is 6.15. The van der Waals surface area contributed by atoms with Crippen molar-refractivity contribution in [1.29, 1.82) is 0 Å². The Bertz CT molecular complexity index is 533. The van der Waals surface area contributed by atoms with E-state index in [0.717, 1.165) is 12.8 Å². The van der Waals surface area contributed by atoms with E-state index in [1.165, 1.54) is 17.8 Å². The molecule has 108 valence electrons. The van der Waals surface area contributed by atoms with Crippen molar-refractivity contribution in [3.8, 4) is 0 Å². The molecule has 1 aliphatic carbocycles. The topological polar surface area (TPSA) is 98.3 Å². The van der Waals surface area contributed by atoms with Gasteiger partial charge < -0.3 is 11.1 Å². The van der Waals surface area contributed by atoms with Crippen LogP contribution in [0.2, 0.25) is 0 Å². The molecule has 0 aliphatic heterocycles. The summed E-state index contributed by atoms with van der Waals surface area (Å²) in [4.78, 5) is 22.7. The highest BCUT2D eigenvalue weighted by Crippen LogP contribution is 2.32. The van der Waals surface area contributed by atoms with Gasteiger partial charge >= 0.3 is 0 Å². The van der Waals surface area contributed by atoms with Crippen LogP contribution in [0.15, 0.2) is 29.2 Å². The zero-order chi connectivity index (χ0) is 14.8. The van der Waals surface area contributed by atoms with E-state index in [1.54, 1.807) is 25.1 Å². The summed E-state index contributed by atoms with van der Waals surface area (Å²) in [5, 5.41) is 14.2. The number of hydrogen-bond donors (Lipinski definition) is 2. The van der Waals surface area contributed by atoms with Crippen LogP contribution in [-0.4, -0.2) is 28.2 Å². The van der Waals surface area contributed by atoms with Crippen LogP contribution in [0, 0.1) is 10.1 Å². The SMILES string of the molecule is CC(CSc1ccccc1[N+](=O)[O-])(NC1CC1)C(N)=O. The Morgan fingerprint density at radius 3 is 2.75 bits per heavy atom. The number of amides is 1. The highest BCUT2D eigenvalue weighted by atomic mass is 32.2. The van der Waals surface area contributed by atoms with E-state index < -0.39 is 16.4 Å². The number of nitro benzene ring substituents is 1. The summed E-state index contributed by atoms with van der Waals surface area (Å²) >= 11 is 1.28. The first-order chi connectivity index (χ1) is 9.42.